The average Bonchev–Trinajstić information content (AvgIpc) is 3.31. The second kappa shape index (κ2) is 7.54. The van der Waals surface area contributed by atoms with Gasteiger partial charge in [-0.05, 0) is 42.5 Å². The molecule has 0 radical (unpaired) electrons. The molecule has 2 atom stereocenters. The summed E-state index contributed by atoms with van der Waals surface area (Å²) in [6.07, 6.45) is 1.95. The molecule has 0 unspecified atom stereocenters. The van der Waals surface area contributed by atoms with Crippen molar-refractivity contribution in [2.24, 2.45) is 0 Å². The van der Waals surface area contributed by atoms with Crippen LogP contribution in [0.3, 0.4) is 0 Å². The molecule has 6 nitrogen and oxygen atoms in total. The predicted molar refractivity (Wildman–Crippen MR) is 118 cm³/mol. The lowest BCUT2D eigenvalue weighted by molar-refractivity contribution is -0.121. The summed E-state index contributed by atoms with van der Waals surface area (Å²) < 4.78 is 0. The number of para-hydroxylation sites is 1. The molecule has 0 bridgehead atoms. The van der Waals surface area contributed by atoms with E-state index in [1.54, 1.807) is 17.0 Å². The molecule has 0 saturated carbocycles. The summed E-state index contributed by atoms with van der Waals surface area (Å²) in [5.74, 6) is -0.298. The Bertz CT molecular complexity index is 1200. The molecule has 2 aromatic carbocycles. The fourth-order valence-corrected chi connectivity index (χ4v) is 5.12. The number of hydrogen-bond donors (Lipinski definition) is 2. The maximum Gasteiger partial charge on any atom is 0.270 e. The van der Waals surface area contributed by atoms with Crippen LogP contribution >= 0.6 is 0 Å². The Morgan fingerprint density at radius 2 is 1.74 bits per heavy atom. The maximum atomic E-state index is 13.4. The Hall–Kier alpha value is -3.67. The second-order valence-corrected chi connectivity index (χ2v) is 8.19. The van der Waals surface area contributed by atoms with Gasteiger partial charge < -0.3 is 15.2 Å². The summed E-state index contributed by atoms with van der Waals surface area (Å²) >= 11 is 0. The number of carbonyl (C=O) groups excluding carboxylic acids is 2. The highest BCUT2D eigenvalue weighted by Gasteiger charge is 2.58. The Morgan fingerprint density at radius 1 is 0.968 bits per heavy atom. The van der Waals surface area contributed by atoms with Gasteiger partial charge in [-0.3, -0.25) is 14.4 Å². The van der Waals surface area contributed by atoms with Gasteiger partial charge >= 0.3 is 0 Å². The molecular weight excluding hydrogens is 390 g/mol. The van der Waals surface area contributed by atoms with Gasteiger partial charge in [0.05, 0.1) is 11.5 Å². The van der Waals surface area contributed by atoms with Crippen molar-refractivity contribution < 1.29 is 9.59 Å². The second-order valence-electron chi connectivity index (χ2n) is 8.19. The van der Waals surface area contributed by atoms with Crippen LogP contribution in [0.4, 0.5) is 5.69 Å². The summed E-state index contributed by atoms with van der Waals surface area (Å²) in [4.78, 5) is 42.9. The molecule has 3 aromatic rings. The fourth-order valence-electron chi connectivity index (χ4n) is 5.12. The summed E-state index contributed by atoms with van der Waals surface area (Å²) in [7, 11) is 0. The van der Waals surface area contributed by atoms with Gasteiger partial charge in [-0.25, -0.2) is 0 Å². The monoisotopic (exact) mass is 413 g/mol. The Labute approximate surface area is 179 Å². The van der Waals surface area contributed by atoms with Crippen molar-refractivity contribution in [3.05, 3.63) is 100.0 Å². The van der Waals surface area contributed by atoms with E-state index in [1.807, 2.05) is 42.5 Å². The van der Waals surface area contributed by atoms with Crippen LogP contribution in [-0.4, -0.2) is 34.3 Å². The molecule has 1 spiro atoms. The third-order valence-corrected chi connectivity index (χ3v) is 6.56. The third kappa shape index (κ3) is 3.15. The zero-order valence-electron chi connectivity index (χ0n) is 17.0. The molecule has 3 heterocycles. The number of pyridine rings is 1. The van der Waals surface area contributed by atoms with Crippen molar-refractivity contribution in [2.45, 2.75) is 30.7 Å². The van der Waals surface area contributed by atoms with Crippen LogP contribution in [0.2, 0.25) is 0 Å². The van der Waals surface area contributed by atoms with E-state index in [0.717, 1.165) is 23.2 Å². The number of hydrogen-bond acceptors (Lipinski definition) is 3. The van der Waals surface area contributed by atoms with Crippen LogP contribution in [0.5, 0.6) is 0 Å². The van der Waals surface area contributed by atoms with Gasteiger partial charge in [-0.15, -0.1) is 0 Å². The third-order valence-electron chi connectivity index (χ3n) is 6.56. The maximum absolute atomic E-state index is 13.4. The smallest absolute Gasteiger partial charge is 0.270 e. The minimum absolute atomic E-state index is 0.0522. The number of nitrogens with zero attached hydrogens (tertiary/aromatic N) is 1. The molecule has 2 aliphatic rings. The van der Waals surface area contributed by atoms with Gasteiger partial charge in [0, 0.05) is 18.3 Å². The number of H-pyrrole nitrogens is 1. The largest absolute Gasteiger partial charge is 0.333 e. The van der Waals surface area contributed by atoms with Crippen LogP contribution in [0.25, 0.3) is 0 Å². The number of amides is 2. The Balaban J connectivity index is 1.55. The van der Waals surface area contributed by atoms with Gasteiger partial charge in [0.15, 0.2) is 0 Å². The van der Waals surface area contributed by atoms with E-state index in [4.69, 9.17) is 0 Å². The molecule has 2 N–H and O–H groups in total. The highest BCUT2D eigenvalue weighted by atomic mass is 16.2. The lowest BCUT2D eigenvalue weighted by Crippen LogP contribution is -2.49. The molecule has 6 heteroatoms. The molecule has 1 fully saturated rings. The van der Waals surface area contributed by atoms with E-state index >= 15 is 0 Å². The van der Waals surface area contributed by atoms with Crippen LogP contribution in [0, 0.1) is 0 Å². The molecule has 31 heavy (non-hydrogen) atoms. The molecule has 1 aromatic heterocycles. The van der Waals surface area contributed by atoms with Crippen molar-refractivity contribution in [1.29, 1.82) is 0 Å². The van der Waals surface area contributed by atoms with Crippen LogP contribution in [0.15, 0.2) is 77.6 Å². The topological polar surface area (TPSA) is 82.3 Å². The van der Waals surface area contributed by atoms with Gasteiger partial charge in [0.25, 0.3) is 5.91 Å². The minimum atomic E-state index is -0.782. The van der Waals surface area contributed by atoms with Crippen LogP contribution < -0.4 is 10.9 Å². The number of benzene rings is 2. The first-order valence-corrected chi connectivity index (χ1v) is 10.5. The van der Waals surface area contributed by atoms with Crippen molar-refractivity contribution in [2.75, 3.05) is 11.9 Å². The van der Waals surface area contributed by atoms with Gasteiger partial charge in [0.1, 0.15) is 5.69 Å². The fraction of sp³-hybridized carbons (Fsp3) is 0.240. The molecule has 1 saturated heterocycles. The van der Waals surface area contributed by atoms with Crippen LogP contribution in [0.1, 0.15) is 34.5 Å². The Kier molecular flexibility index (Phi) is 4.70. The summed E-state index contributed by atoms with van der Waals surface area (Å²) in [6, 6.07) is 22.1. The van der Waals surface area contributed by atoms with E-state index < -0.39 is 5.41 Å². The number of fused-ring (bicyclic) bond motifs is 2. The molecule has 156 valence electrons. The number of anilines is 1. The lowest BCUT2D eigenvalue weighted by atomic mass is 9.73. The zero-order valence-corrected chi connectivity index (χ0v) is 17.0. The number of aromatic nitrogens is 1. The van der Waals surface area contributed by atoms with E-state index in [9.17, 15) is 14.4 Å². The van der Waals surface area contributed by atoms with E-state index in [2.05, 4.69) is 22.4 Å². The average molecular weight is 413 g/mol. The Morgan fingerprint density at radius 3 is 2.55 bits per heavy atom. The van der Waals surface area contributed by atoms with Gasteiger partial charge in [-0.1, -0.05) is 54.6 Å². The summed E-state index contributed by atoms with van der Waals surface area (Å²) in [5.41, 5.74) is 2.09. The van der Waals surface area contributed by atoms with E-state index in [0.29, 0.717) is 19.4 Å². The van der Waals surface area contributed by atoms with Crippen molar-refractivity contribution in [3.8, 4) is 0 Å². The molecule has 2 aliphatic heterocycles. The number of nitrogens with one attached hydrogen (secondary N) is 2. The first kappa shape index (κ1) is 19.3. The van der Waals surface area contributed by atoms with E-state index in [1.165, 1.54) is 6.07 Å². The zero-order chi connectivity index (χ0) is 21.4. The number of carbonyl (C=O) groups is 2. The van der Waals surface area contributed by atoms with Crippen LogP contribution in [-0.2, 0) is 16.6 Å². The standard InChI is InChI=1S/C25H23N3O3/c29-22-12-6-11-20(26-22)23(30)28-16-15-25(18-9-4-5-10-19(18)27-24(25)31)21(28)14-13-17-7-2-1-3-8-17/h1-12,21H,13-16H2,(H,26,29)(H,27,31)/t21-,25-/m0/s1. The first-order valence-electron chi connectivity index (χ1n) is 10.5. The molecule has 0 aliphatic carbocycles. The van der Waals surface area contributed by atoms with Gasteiger partial charge in [-0.2, -0.15) is 0 Å². The SMILES string of the molecule is O=C(c1cccc(=O)[nH]1)N1CC[C@@]2(C(=O)Nc3ccccc32)[C@@H]1CCc1ccccc1. The summed E-state index contributed by atoms with van der Waals surface area (Å²) in [6.45, 7) is 0.455. The van der Waals surface area contributed by atoms with E-state index in [-0.39, 0.29) is 29.1 Å². The number of aromatic amines is 1. The first-order chi connectivity index (χ1) is 15.1. The number of likely N-dealkylation sites (tertiary alicyclic amines) is 1. The summed E-state index contributed by atoms with van der Waals surface area (Å²) in [5, 5.41) is 3.03. The quantitative estimate of drug-likeness (QED) is 0.690. The van der Waals surface area contributed by atoms with Crippen molar-refractivity contribution in [1.82, 2.24) is 9.88 Å². The lowest BCUT2D eigenvalue weighted by Gasteiger charge is -2.34. The van der Waals surface area contributed by atoms with Gasteiger partial charge in [0.2, 0.25) is 11.5 Å². The highest BCUT2D eigenvalue weighted by Crippen LogP contribution is 2.49. The van der Waals surface area contributed by atoms with Crippen molar-refractivity contribution in [3.63, 3.8) is 0 Å². The molecule has 5 rings (SSSR count). The number of aryl methyl sites for hydroxylation is 1. The number of rotatable bonds is 4. The minimum Gasteiger partial charge on any atom is -0.333 e. The predicted octanol–water partition coefficient (Wildman–Crippen LogP) is 3.11. The molecular formula is C25H23N3O3. The highest BCUT2D eigenvalue weighted by molar-refractivity contribution is 6.08. The van der Waals surface area contributed by atoms with Crippen molar-refractivity contribution >= 4 is 17.5 Å². The molecule has 2 amide bonds. The normalized spacial score (nSPS) is 21.9.